The quantitative estimate of drug-likeness (QED) is 0.800. The maximum absolute atomic E-state index is 12.3. The van der Waals surface area contributed by atoms with Crippen LogP contribution in [0.2, 0.25) is 0 Å². The highest BCUT2D eigenvalue weighted by molar-refractivity contribution is 5.91. The number of amides is 1. The second kappa shape index (κ2) is 5.92. The monoisotopic (exact) mass is 323 g/mol. The zero-order valence-electron chi connectivity index (χ0n) is 13.3. The molecule has 1 aliphatic rings. The average Bonchev–Trinajstić information content (AvgIpc) is 3.22. The highest BCUT2D eigenvalue weighted by Gasteiger charge is 2.27. The van der Waals surface area contributed by atoms with Gasteiger partial charge in [-0.3, -0.25) is 4.79 Å². The number of pyridine rings is 1. The van der Waals surface area contributed by atoms with Crippen LogP contribution < -0.4 is 5.32 Å². The fourth-order valence-electron chi connectivity index (χ4n) is 3.08. The largest absolute Gasteiger partial charge is 0.351 e. The summed E-state index contributed by atoms with van der Waals surface area (Å²) in [6.07, 6.45) is 6.34. The van der Waals surface area contributed by atoms with Crippen molar-refractivity contribution in [2.24, 2.45) is 0 Å². The molecule has 7 heteroatoms. The Morgan fingerprint density at radius 2 is 2.33 bits per heavy atom. The lowest BCUT2D eigenvalue weighted by atomic mass is 9.93. The number of nitrogens with one attached hydrogen (secondary N) is 1. The van der Waals surface area contributed by atoms with Crippen LogP contribution in [0.1, 0.15) is 46.4 Å². The fraction of sp³-hybridized carbons (Fsp3) is 0.294. The van der Waals surface area contributed by atoms with E-state index in [0.29, 0.717) is 5.69 Å². The molecule has 0 saturated heterocycles. The molecule has 0 aromatic carbocycles. The summed E-state index contributed by atoms with van der Waals surface area (Å²) in [5, 5.41) is 11.3. The number of aromatic nitrogens is 4. The van der Waals surface area contributed by atoms with Gasteiger partial charge in [0.25, 0.3) is 5.91 Å². The van der Waals surface area contributed by atoms with Crippen LogP contribution in [0.3, 0.4) is 0 Å². The van der Waals surface area contributed by atoms with Gasteiger partial charge in [-0.05, 0) is 38.3 Å². The Bertz CT molecular complexity index is 868. The van der Waals surface area contributed by atoms with Crippen LogP contribution in [0.25, 0.3) is 5.82 Å². The van der Waals surface area contributed by atoms with Gasteiger partial charge in [0.1, 0.15) is 0 Å². The van der Waals surface area contributed by atoms with E-state index in [9.17, 15) is 4.79 Å². The molecule has 3 aromatic rings. The zero-order chi connectivity index (χ0) is 16.5. The van der Waals surface area contributed by atoms with Crippen molar-refractivity contribution in [1.82, 2.24) is 25.2 Å². The normalized spacial score (nSPS) is 16.6. The van der Waals surface area contributed by atoms with Gasteiger partial charge in [0, 0.05) is 17.8 Å². The standard InChI is InChI=1S/C17H17N5O2/c1-11-9-15(24-21-11)17(23)20-13-5-4-6-14-12(13)10-19-22(14)16-7-2-3-8-18-16/h2-3,7-10,13H,4-6H2,1H3,(H,20,23). The van der Waals surface area contributed by atoms with Gasteiger partial charge in [-0.2, -0.15) is 5.10 Å². The number of carbonyl (C=O) groups excluding carboxylic acids is 1. The molecule has 0 bridgehead atoms. The van der Waals surface area contributed by atoms with Crippen LogP contribution in [0.5, 0.6) is 0 Å². The molecule has 0 radical (unpaired) electrons. The predicted octanol–water partition coefficient (Wildman–Crippen LogP) is 2.37. The van der Waals surface area contributed by atoms with Crippen molar-refractivity contribution >= 4 is 5.91 Å². The SMILES string of the molecule is Cc1cc(C(=O)NC2CCCc3c2cnn3-c2ccccn2)on1. The molecule has 1 unspecified atom stereocenters. The van der Waals surface area contributed by atoms with E-state index in [0.717, 1.165) is 36.3 Å². The minimum atomic E-state index is -0.251. The number of fused-ring (bicyclic) bond motifs is 1. The fourth-order valence-corrected chi connectivity index (χ4v) is 3.08. The summed E-state index contributed by atoms with van der Waals surface area (Å²) in [7, 11) is 0. The van der Waals surface area contributed by atoms with Crippen LogP contribution in [-0.4, -0.2) is 25.8 Å². The molecule has 3 heterocycles. The van der Waals surface area contributed by atoms with Crippen molar-refractivity contribution in [2.45, 2.75) is 32.2 Å². The molecular weight excluding hydrogens is 306 g/mol. The first-order valence-corrected chi connectivity index (χ1v) is 7.95. The van der Waals surface area contributed by atoms with Crippen LogP contribution in [0, 0.1) is 6.92 Å². The summed E-state index contributed by atoms with van der Waals surface area (Å²) in [6.45, 7) is 1.79. The first-order valence-electron chi connectivity index (χ1n) is 7.95. The highest BCUT2D eigenvalue weighted by Crippen LogP contribution is 2.31. The number of rotatable bonds is 3. The smallest absolute Gasteiger partial charge is 0.290 e. The summed E-state index contributed by atoms with van der Waals surface area (Å²) < 4.78 is 6.89. The first-order chi connectivity index (χ1) is 11.7. The van der Waals surface area contributed by atoms with Crippen molar-refractivity contribution in [3.05, 3.63) is 59.4 Å². The lowest BCUT2D eigenvalue weighted by molar-refractivity contribution is 0.0895. The Balaban J connectivity index is 1.61. The molecule has 1 amide bonds. The number of hydrogen-bond donors (Lipinski definition) is 1. The Labute approximate surface area is 138 Å². The molecule has 4 rings (SSSR count). The molecule has 122 valence electrons. The minimum Gasteiger partial charge on any atom is -0.351 e. The van der Waals surface area contributed by atoms with E-state index in [4.69, 9.17) is 4.52 Å². The molecule has 1 N–H and O–H groups in total. The van der Waals surface area contributed by atoms with Crippen molar-refractivity contribution in [3.63, 3.8) is 0 Å². The van der Waals surface area contributed by atoms with E-state index in [1.807, 2.05) is 29.1 Å². The topological polar surface area (TPSA) is 85.8 Å². The van der Waals surface area contributed by atoms with Crippen LogP contribution in [0.4, 0.5) is 0 Å². The zero-order valence-corrected chi connectivity index (χ0v) is 13.3. The first kappa shape index (κ1) is 14.6. The van der Waals surface area contributed by atoms with E-state index >= 15 is 0 Å². The van der Waals surface area contributed by atoms with Crippen molar-refractivity contribution < 1.29 is 9.32 Å². The summed E-state index contributed by atoms with van der Waals surface area (Å²) in [5.41, 5.74) is 2.82. The molecule has 3 aromatic heterocycles. The summed E-state index contributed by atoms with van der Waals surface area (Å²) in [4.78, 5) is 16.7. The third-order valence-corrected chi connectivity index (χ3v) is 4.21. The predicted molar refractivity (Wildman–Crippen MR) is 85.7 cm³/mol. The number of carbonyl (C=O) groups is 1. The summed E-state index contributed by atoms with van der Waals surface area (Å²) in [5.74, 6) is 0.771. The Morgan fingerprint density at radius 3 is 3.08 bits per heavy atom. The molecule has 7 nitrogen and oxygen atoms in total. The van der Waals surface area contributed by atoms with Gasteiger partial charge in [-0.1, -0.05) is 11.2 Å². The summed E-state index contributed by atoms with van der Waals surface area (Å²) >= 11 is 0. The third kappa shape index (κ3) is 2.58. The summed E-state index contributed by atoms with van der Waals surface area (Å²) in [6, 6.07) is 7.29. The maximum atomic E-state index is 12.3. The molecule has 1 atom stereocenters. The molecule has 0 aliphatic heterocycles. The van der Waals surface area contributed by atoms with Gasteiger partial charge in [0.05, 0.1) is 23.6 Å². The van der Waals surface area contributed by atoms with Crippen molar-refractivity contribution in [2.75, 3.05) is 0 Å². The number of hydrogen-bond acceptors (Lipinski definition) is 5. The average molecular weight is 323 g/mol. The van der Waals surface area contributed by atoms with Gasteiger partial charge < -0.3 is 9.84 Å². The van der Waals surface area contributed by atoms with Gasteiger partial charge in [0.2, 0.25) is 5.76 Å². The second-order valence-electron chi connectivity index (χ2n) is 5.90. The lowest BCUT2D eigenvalue weighted by Crippen LogP contribution is -2.30. The maximum Gasteiger partial charge on any atom is 0.290 e. The highest BCUT2D eigenvalue weighted by atomic mass is 16.5. The Hall–Kier alpha value is -2.96. The van der Waals surface area contributed by atoms with E-state index in [1.54, 1.807) is 19.2 Å². The molecule has 1 aliphatic carbocycles. The van der Waals surface area contributed by atoms with Gasteiger partial charge in [0.15, 0.2) is 5.82 Å². The Morgan fingerprint density at radius 1 is 1.42 bits per heavy atom. The molecule has 24 heavy (non-hydrogen) atoms. The lowest BCUT2D eigenvalue weighted by Gasteiger charge is -2.23. The number of aryl methyl sites for hydroxylation is 1. The van der Waals surface area contributed by atoms with Crippen molar-refractivity contribution in [1.29, 1.82) is 0 Å². The molecular formula is C17H17N5O2. The van der Waals surface area contributed by atoms with Crippen LogP contribution in [0.15, 0.2) is 41.2 Å². The van der Waals surface area contributed by atoms with Gasteiger partial charge in [-0.25, -0.2) is 9.67 Å². The minimum absolute atomic E-state index is 0.0795. The van der Waals surface area contributed by atoms with Crippen molar-refractivity contribution in [3.8, 4) is 5.82 Å². The molecule has 0 spiro atoms. The Kier molecular flexibility index (Phi) is 3.60. The van der Waals surface area contributed by atoms with E-state index < -0.39 is 0 Å². The van der Waals surface area contributed by atoms with Gasteiger partial charge >= 0.3 is 0 Å². The van der Waals surface area contributed by atoms with Crippen LogP contribution in [-0.2, 0) is 6.42 Å². The van der Waals surface area contributed by atoms with E-state index in [-0.39, 0.29) is 17.7 Å². The molecule has 0 saturated carbocycles. The van der Waals surface area contributed by atoms with Crippen LogP contribution >= 0.6 is 0 Å². The van der Waals surface area contributed by atoms with Gasteiger partial charge in [-0.15, -0.1) is 0 Å². The molecule has 0 fully saturated rings. The number of nitrogens with zero attached hydrogens (tertiary/aromatic N) is 4. The second-order valence-corrected chi connectivity index (χ2v) is 5.90. The van der Waals surface area contributed by atoms with E-state index in [2.05, 4.69) is 20.6 Å². The van der Waals surface area contributed by atoms with E-state index in [1.165, 1.54) is 0 Å². The third-order valence-electron chi connectivity index (χ3n) is 4.21.